The standard InChI is InChI=1S/C20H30N8O5/c1-11(2)3-14(21)18(30)28-15(4-12-6-22-9-25-12)19(31)24-8-17(29)27-16(20(32)33)5-13-7-23-10-26-13/h6-7,9-11,14-16H,3-5,8,21H2,1-2H3,(H,22,25)(H,23,26)(H,24,31)(H,27,29)(H,28,30)(H,32,33). The van der Waals surface area contributed by atoms with Crippen molar-refractivity contribution in [1.29, 1.82) is 0 Å². The number of aliphatic carboxylic acids is 1. The van der Waals surface area contributed by atoms with Gasteiger partial charge in [0.2, 0.25) is 17.7 Å². The molecule has 0 aromatic carbocycles. The first-order valence-electron chi connectivity index (χ1n) is 10.5. The first-order valence-corrected chi connectivity index (χ1v) is 10.5. The second-order valence-corrected chi connectivity index (χ2v) is 8.04. The number of hydrogen-bond donors (Lipinski definition) is 7. The van der Waals surface area contributed by atoms with Crippen molar-refractivity contribution in [2.75, 3.05) is 6.54 Å². The fourth-order valence-corrected chi connectivity index (χ4v) is 3.07. The van der Waals surface area contributed by atoms with E-state index in [0.717, 1.165) is 0 Å². The normalized spacial score (nSPS) is 13.7. The lowest BCUT2D eigenvalue weighted by molar-refractivity contribution is -0.141. The molecule has 3 atom stereocenters. The summed E-state index contributed by atoms with van der Waals surface area (Å²) < 4.78 is 0. The first-order chi connectivity index (χ1) is 15.7. The summed E-state index contributed by atoms with van der Waals surface area (Å²) in [4.78, 5) is 62.2. The summed E-state index contributed by atoms with van der Waals surface area (Å²) in [5.74, 6) is -2.84. The highest BCUT2D eigenvalue weighted by Gasteiger charge is 2.26. The average molecular weight is 463 g/mol. The summed E-state index contributed by atoms with van der Waals surface area (Å²) in [5, 5.41) is 16.7. The predicted molar refractivity (Wildman–Crippen MR) is 117 cm³/mol. The monoisotopic (exact) mass is 462 g/mol. The van der Waals surface area contributed by atoms with Crippen molar-refractivity contribution in [3.63, 3.8) is 0 Å². The molecule has 2 aromatic heterocycles. The second-order valence-electron chi connectivity index (χ2n) is 8.04. The number of nitrogens with two attached hydrogens (primary N) is 1. The molecule has 0 spiro atoms. The van der Waals surface area contributed by atoms with E-state index in [9.17, 15) is 24.3 Å². The van der Waals surface area contributed by atoms with Gasteiger partial charge in [0, 0.05) is 36.6 Å². The van der Waals surface area contributed by atoms with Crippen LogP contribution in [0.1, 0.15) is 31.7 Å². The van der Waals surface area contributed by atoms with Gasteiger partial charge in [0.05, 0.1) is 25.2 Å². The molecular weight excluding hydrogens is 432 g/mol. The minimum absolute atomic E-state index is 0.00126. The summed E-state index contributed by atoms with van der Waals surface area (Å²) in [6, 6.07) is -3.00. The topological polar surface area (TPSA) is 208 Å². The van der Waals surface area contributed by atoms with Crippen LogP contribution < -0.4 is 21.7 Å². The van der Waals surface area contributed by atoms with E-state index in [0.29, 0.717) is 17.8 Å². The van der Waals surface area contributed by atoms with Crippen LogP contribution in [0.25, 0.3) is 0 Å². The fourth-order valence-electron chi connectivity index (χ4n) is 3.07. The van der Waals surface area contributed by atoms with Crippen molar-refractivity contribution in [2.45, 2.75) is 51.2 Å². The number of nitrogens with one attached hydrogen (secondary N) is 5. The SMILES string of the molecule is CC(C)CC(N)C(=O)NC(Cc1cnc[nH]1)C(=O)NCC(=O)NC(Cc1cnc[nH]1)C(=O)O. The van der Waals surface area contributed by atoms with E-state index in [4.69, 9.17) is 5.73 Å². The fraction of sp³-hybridized carbons (Fsp3) is 0.500. The minimum Gasteiger partial charge on any atom is -0.480 e. The van der Waals surface area contributed by atoms with Gasteiger partial charge in [-0.2, -0.15) is 0 Å². The van der Waals surface area contributed by atoms with Crippen LogP contribution in [0.15, 0.2) is 25.0 Å². The van der Waals surface area contributed by atoms with E-state index in [1.54, 1.807) is 0 Å². The second kappa shape index (κ2) is 12.3. The quantitative estimate of drug-likeness (QED) is 0.185. The molecular formula is C20H30N8O5. The van der Waals surface area contributed by atoms with Gasteiger partial charge in [-0.05, 0) is 12.3 Å². The molecule has 0 bridgehead atoms. The number of aromatic nitrogens is 4. The van der Waals surface area contributed by atoms with Crippen LogP contribution in [0.2, 0.25) is 0 Å². The number of aromatic amines is 2. The Bertz CT molecular complexity index is 913. The third-order valence-electron chi connectivity index (χ3n) is 4.71. The molecule has 0 aliphatic carbocycles. The molecule has 180 valence electrons. The van der Waals surface area contributed by atoms with Crippen molar-refractivity contribution >= 4 is 23.7 Å². The van der Waals surface area contributed by atoms with Crippen molar-refractivity contribution in [1.82, 2.24) is 35.9 Å². The molecule has 2 rings (SSSR count). The number of carbonyl (C=O) groups excluding carboxylic acids is 3. The largest absolute Gasteiger partial charge is 0.480 e. The number of carboxylic acid groups (broad SMARTS) is 1. The molecule has 0 saturated carbocycles. The van der Waals surface area contributed by atoms with E-state index in [1.807, 2.05) is 13.8 Å². The Morgan fingerprint density at radius 1 is 0.970 bits per heavy atom. The van der Waals surface area contributed by atoms with Crippen LogP contribution in [0.4, 0.5) is 0 Å². The third-order valence-corrected chi connectivity index (χ3v) is 4.71. The molecule has 0 aliphatic rings. The van der Waals surface area contributed by atoms with E-state index >= 15 is 0 Å². The minimum atomic E-state index is -1.23. The van der Waals surface area contributed by atoms with Gasteiger partial charge < -0.3 is 36.8 Å². The van der Waals surface area contributed by atoms with E-state index in [2.05, 4.69) is 35.9 Å². The Kier molecular flexibility index (Phi) is 9.54. The predicted octanol–water partition coefficient (Wildman–Crippen LogP) is -1.54. The Morgan fingerprint density at radius 2 is 1.55 bits per heavy atom. The van der Waals surface area contributed by atoms with Crippen LogP contribution in [0, 0.1) is 5.92 Å². The molecule has 33 heavy (non-hydrogen) atoms. The number of nitrogens with zero attached hydrogens (tertiary/aromatic N) is 2. The van der Waals surface area contributed by atoms with Gasteiger partial charge in [0.1, 0.15) is 12.1 Å². The number of amides is 3. The molecule has 13 nitrogen and oxygen atoms in total. The Balaban J connectivity index is 1.95. The number of H-pyrrole nitrogens is 2. The molecule has 2 aromatic rings. The Labute approximate surface area is 190 Å². The summed E-state index contributed by atoms with van der Waals surface area (Å²) in [5.41, 5.74) is 7.04. The van der Waals surface area contributed by atoms with Gasteiger partial charge in [0.25, 0.3) is 0 Å². The number of hydrogen-bond acceptors (Lipinski definition) is 7. The van der Waals surface area contributed by atoms with Crippen molar-refractivity contribution in [3.8, 4) is 0 Å². The smallest absolute Gasteiger partial charge is 0.326 e. The van der Waals surface area contributed by atoms with Crippen LogP contribution in [0.3, 0.4) is 0 Å². The molecule has 0 fully saturated rings. The maximum atomic E-state index is 12.7. The molecule has 13 heteroatoms. The number of carbonyl (C=O) groups is 4. The van der Waals surface area contributed by atoms with Crippen LogP contribution >= 0.6 is 0 Å². The summed E-state index contributed by atoms with van der Waals surface area (Å²) in [7, 11) is 0. The zero-order valence-electron chi connectivity index (χ0n) is 18.5. The lowest BCUT2D eigenvalue weighted by atomic mass is 10.0. The summed E-state index contributed by atoms with van der Waals surface area (Å²) in [6.07, 6.45) is 6.36. The highest BCUT2D eigenvalue weighted by atomic mass is 16.4. The van der Waals surface area contributed by atoms with Crippen LogP contribution in [-0.4, -0.2) is 73.4 Å². The number of carboxylic acids is 1. The molecule has 3 unspecified atom stereocenters. The van der Waals surface area contributed by atoms with E-state index in [1.165, 1.54) is 25.0 Å². The summed E-state index contributed by atoms with van der Waals surface area (Å²) >= 11 is 0. The van der Waals surface area contributed by atoms with Gasteiger partial charge in [-0.25, -0.2) is 14.8 Å². The zero-order valence-corrected chi connectivity index (χ0v) is 18.5. The number of rotatable bonds is 13. The highest BCUT2D eigenvalue weighted by molar-refractivity contribution is 5.92. The first kappa shape index (κ1) is 25.5. The molecule has 0 aliphatic heterocycles. The Morgan fingerprint density at radius 3 is 2.03 bits per heavy atom. The maximum Gasteiger partial charge on any atom is 0.326 e. The van der Waals surface area contributed by atoms with Gasteiger partial charge in [0.15, 0.2) is 0 Å². The van der Waals surface area contributed by atoms with E-state index in [-0.39, 0.29) is 18.8 Å². The van der Waals surface area contributed by atoms with Gasteiger partial charge >= 0.3 is 5.97 Å². The molecule has 0 radical (unpaired) electrons. The van der Waals surface area contributed by atoms with Crippen molar-refractivity contribution in [3.05, 3.63) is 36.4 Å². The molecule has 2 heterocycles. The van der Waals surface area contributed by atoms with Gasteiger partial charge in [-0.3, -0.25) is 14.4 Å². The lowest BCUT2D eigenvalue weighted by Crippen LogP contribution is -2.54. The highest BCUT2D eigenvalue weighted by Crippen LogP contribution is 2.05. The van der Waals surface area contributed by atoms with Crippen LogP contribution in [-0.2, 0) is 32.0 Å². The van der Waals surface area contributed by atoms with Crippen molar-refractivity contribution in [2.24, 2.45) is 11.7 Å². The van der Waals surface area contributed by atoms with Crippen molar-refractivity contribution < 1.29 is 24.3 Å². The molecule has 3 amide bonds. The Hall–Kier alpha value is -3.74. The third kappa shape index (κ3) is 8.73. The number of imidazole rings is 2. The van der Waals surface area contributed by atoms with Crippen LogP contribution in [0.5, 0.6) is 0 Å². The lowest BCUT2D eigenvalue weighted by Gasteiger charge is -2.21. The maximum absolute atomic E-state index is 12.7. The summed E-state index contributed by atoms with van der Waals surface area (Å²) in [6.45, 7) is 3.38. The average Bonchev–Trinajstić information content (AvgIpc) is 3.44. The molecule has 8 N–H and O–H groups in total. The van der Waals surface area contributed by atoms with Gasteiger partial charge in [-0.15, -0.1) is 0 Å². The van der Waals surface area contributed by atoms with Gasteiger partial charge in [-0.1, -0.05) is 13.8 Å². The van der Waals surface area contributed by atoms with E-state index < -0.39 is 48.4 Å². The molecule has 0 saturated heterocycles. The zero-order chi connectivity index (χ0) is 24.4.